The number of amides is 1. The maximum Gasteiger partial charge on any atom is 0.240 e. The lowest BCUT2D eigenvalue weighted by Crippen LogP contribution is -2.27. The van der Waals surface area contributed by atoms with Gasteiger partial charge in [0.05, 0.1) is 4.90 Å². The Morgan fingerprint density at radius 2 is 2.10 bits per heavy atom. The van der Waals surface area contributed by atoms with Crippen molar-refractivity contribution in [2.45, 2.75) is 38.5 Å². The van der Waals surface area contributed by atoms with Crippen molar-refractivity contribution in [3.8, 4) is 0 Å². The van der Waals surface area contributed by atoms with Crippen LogP contribution in [0, 0.1) is 6.92 Å². The first kappa shape index (κ1) is 15.0. The van der Waals surface area contributed by atoms with Gasteiger partial charge in [0.25, 0.3) is 0 Å². The zero-order valence-corrected chi connectivity index (χ0v) is 12.9. The number of nitrogens with one attached hydrogen (secondary N) is 1. The van der Waals surface area contributed by atoms with Crippen molar-refractivity contribution in [2.24, 2.45) is 0 Å². The summed E-state index contributed by atoms with van der Waals surface area (Å²) in [5.41, 5.74) is 2.48. The van der Waals surface area contributed by atoms with Gasteiger partial charge in [0.2, 0.25) is 15.9 Å². The zero-order chi connectivity index (χ0) is 14.9. The maximum atomic E-state index is 12.3. The van der Waals surface area contributed by atoms with E-state index in [1.807, 2.05) is 13.0 Å². The molecule has 1 aliphatic heterocycles. The molecule has 0 spiro atoms. The molecular weight excluding hydrogens is 276 g/mol. The van der Waals surface area contributed by atoms with Crippen LogP contribution >= 0.6 is 0 Å². The van der Waals surface area contributed by atoms with E-state index in [0.717, 1.165) is 29.7 Å². The number of hydrogen-bond donors (Lipinski definition) is 1. The molecule has 0 unspecified atom stereocenters. The van der Waals surface area contributed by atoms with Crippen LogP contribution in [0.15, 0.2) is 17.0 Å². The molecule has 0 saturated carbocycles. The van der Waals surface area contributed by atoms with Crippen LogP contribution in [0.25, 0.3) is 0 Å². The first-order valence-corrected chi connectivity index (χ1v) is 8.26. The Bertz CT molecular complexity index is 638. The second-order valence-electron chi connectivity index (χ2n) is 5.06. The van der Waals surface area contributed by atoms with E-state index in [9.17, 15) is 13.2 Å². The highest BCUT2D eigenvalue weighted by Gasteiger charge is 2.26. The van der Waals surface area contributed by atoms with Gasteiger partial charge in [-0.3, -0.25) is 4.79 Å². The number of sulfonamides is 1. The highest BCUT2D eigenvalue weighted by Crippen LogP contribution is 2.32. The number of hydrogen-bond acceptors (Lipinski definition) is 3. The molecule has 1 aliphatic rings. The number of carbonyl (C=O) groups is 1. The van der Waals surface area contributed by atoms with Crippen molar-refractivity contribution < 1.29 is 13.2 Å². The van der Waals surface area contributed by atoms with Crippen LogP contribution in [0.3, 0.4) is 0 Å². The first-order chi connectivity index (χ1) is 9.36. The Morgan fingerprint density at radius 3 is 2.70 bits per heavy atom. The van der Waals surface area contributed by atoms with Crippen molar-refractivity contribution in [2.75, 3.05) is 18.0 Å². The van der Waals surface area contributed by atoms with Gasteiger partial charge < -0.3 is 4.90 Å². The number of nitrogens with zero attached hydrogens (tertiary/aromatic N) is 1. The number of rotatable bonds is 4. The summed E-state index contributed by atoms with van der Waals surface area (Å²) in [4.78, 5) is 13.5. The predicted octanol–water partition coefficient (Wildman–Crippen LogP) is 1.59. The normalized spacial score (nSPS) is 14.4. The predicted molar refractivity (Wildman–Crippen MR) is 78.4 cm³/mol. The Balaban J connectivity index is 2.47. The average Bonchev–Trinajstić information content (AvgIpc) is 2.78. The summed E-state index contributed by atoms with van der Waals surface area (Å²) in [6.45, 7) is 6.23. The van der Waals surface area contributed by atoms with Crippen molar-refractivity contribution in [1.29, 1.82) is 0 Å². The monoisotopic (exact) mass is 296 g/mol. The lowest BCUT2D eigenvalue weighted by molar-refractivity contribution is -0.116. The highest BCUT2D eigenvalue weighted by atomic mass is 32.2. The van der Waals surface area contributed by atoms with E-state index in [-0.39, 0.29) is 10.8 Å². The second kappa shape index (κ2) is 5.54. The van der Waals surface area contributed by atoms with Gasteiger partial charge in [-0.15, -0.1) is 0 Å². The number of aryl methyl sites for hydroxylation is 1. The molecule has 1 aromatic rings. The molecule has 0 fully saturated rings. The van der Waals surface area contributed by atoms with Gasteiger partial charge in [0.15, 0.2) is 0 Å². The highest BCUT2D eigenvalue weighted by molar-refractivity contribution is 7.89. The minimum Gasteiger partial charge on any atom is -0.312 e. The molecule has 110 valence electrons. The molecule has 0 bridgehead atoms. The molecule has 0 aliphatic carbocycles. The molecule has 0 radical (unpaired) electrons. The van der Waals surface area contributed by atoms with E-state index in [1.54, 1.807) is 17.9 Å². The van der Waals surface area contributed by atoms with Crippen LogP contribution in [-0.4, -0.2) is 27.4 Å². The number of fused-ring (bicyclic) bond motifs is 1. The standard InChI is InChI=1S/C14H20N2O3S/c1-4-6-15-20(18,19)14-9-13-12(8-10(14)2)5-7-16(13)11(3)17/h8-9,15H,4-7H2,1-3H3. The minimum absolute atomic E-state index is 0.0579. The number of benzene rings is 1. The van der Waals surface area contributed by atoms with E-state index in [4.69, 9.17) is 0 Å². The summed E-state index contributed by atoms with van der Waals surface area (Å²) in [7, 11) is -3.51. The van der Waals surface area contributed by atoms with Gasteiger partial charge in [-0.2, -0.15) is 0 Å². The van der Waals surface area contributed by atoms with Crippen LogP contribution in [0.5, 0.6) is 0 Å². The minimum atomic E-state index is -3.51. The van der Waals surface area contributed by atoms with Crippen LogP contribution in [0.1, 0.15) is 31.4 Å². The molecule has 0 aromatic heterocycles. The molecule has 6 heteroatoms. The van der Waals surface area contributed by atoms with Crippen molar-refractivity contribution in [3.63, 3.8) is 0 Å². The summed E-state index contributed by atoms with van der Waals surface area (Å²) in [5.74, 6) is -0.0579. The van der Waals surface area contributed by atoms with Gasteiger partial charge in [0, 0.05) is 25.7 Å². The van der Waals surface area contributed by atoms with E-state index < -0.39 is 10.0 Å². The third-order valence-electron chi connectivity index (χ3n) is 3.48. The van der Waals surface area contributed by atoms with Crippen molar-refractivity contribution in [3.05, 3.63) is 23.3 Å². The lowest BCUT2D eigenvalue weighted by Gasteiger charge is -2.17. The summed E-state index contributed by atoms with van der Waals surface area (Å²) in [6.07, 6.45) is 1.52. The molecular formula is C14H20N2O3S. The van der Waals surface area contributed by atoms with Gasteiger partial charge in [0.1, 0.15) is 0 Å². The lowest BCUT2D eigenvalue weighted by atomic mass is 10.1. The maximum absolute atomic E-state index is 12.3. The molecule has 1 N–H and O–H groups in total. The summed E-state index contributed by atoms with van der Waals surface area (Å²) >= 11 is 0. The number of anilines is 1. The van der Waals surface area contributed by atoms with Crippen LogP contribution in [-0.2, 0) is 21.2 Å². The molecule has 20 heavy (non-hydrogen) atoms. The van der Waals surface area contributed by atoms with Gasteiger partial charge >= 0.3 is 0 Å². The fraction of sp³-hybridized carbons (Fsp3) is 0.500. The molecule has 1 amide bonds. The molecule has 1 heterocycles. The van der Waals surface area contributed by atoms with Gasteiger partial charge in [-0.05, 0) is 37.0 Å². The Kier molecular flexibility index (Phi) is 4.15. The number of carbonyl (C=O) groups excluding carboxylic acids is 1. The van der Waals surface area contributed by atoms with Crippen LogP contribution in [0.2, 0.25) is 0 Å². The van der Waals surface area contributed by atoms with E-state index >= 15 is 0 Å². The summed E-state index contributed by atoms with van der Waals surface area (Å²) in [5, 5.41) is 0. The van der Waals surface area contributed by atoms with E-state index in [2.05, 4.69) is 4.72 Å². The Labute approximate surface area is 120 Å². The van der Waals surface area contributed by atoms with E-state index in [0.29, 0.717) is 13.1 Å². The van der Waals surface area contributed by atoms with Crippen LogP contribution < -0.4 is 9.62 Å². The summed E-state index contributed by atoms with van der Waals surface area (Å²) < 4.78 is 27.1. The zero-order valence-electron chi connectivity index (χ0n) is 12.1. The fourth-order valence-corrected chi connectivity index (χ4v) is 3.85. The van der Waals surface area contributed by atoms with Gasteiger partial charge in [-0.1, -0.05) is 13.0 Å². The quantitative estimate of drug-likeness (QED) is 0.917. The average molecular weight is 296 g/mol. The largest absolute Gasteiger partial charge is 0.312 e. The fourth-order valence-electron chi connectivity index (χ4n) is 2.47. The van der Waals surface area contributed by atoms with E-state index in [1.165, 1.54) is 6.92 Å². The molecule has 2 rings (SSSR count). The van der Waals surface area contributed by atoms with Crippen LogP contribution in [0.4, 0.5) is 5.69 Å². The third kappa shape index (κ3) is 2.71. The molecule has 0 saturated heterocycles. The molecule has 5 nitrogen and oxygen atoms in total. The SMILES string of the molecule is CCCNS(=O)(=O)c1cc2c(cc1C)CCN2C(C)=O. The molecule has 1 aromatic carbocycles. The van der Waals surface area contributed by atoms with Gasteiger partial charge in [-0.25, -0.2) is 13.1 Å². The Hall–Kier alpha value is -1.40. The summed E-state index contributed by atoms with van der Waals surface area (Å²) in [6, 6.07) is 3.50. The Morgan fingerprint density at radius 1 is 1.40 bits per heavy atom. The smallest absolute Gasteiger partial charge is 0.240 e. The first-order valence-electron chi connectivity index (χ1n) is 6.78. The third-order valence-corrected chi connectivity index (χ3v) is 5.09. The second-order valence-corrected chi connectivity index (χ2v) is 6.80. The molecule has 0 atom stereocenters. The van der Waals surface area contributed by atoms with Crippen molar-refractivity contribution >= 4 is 21.6 Å². The topological polar surface area (TPSA) is 66.5 Å². The van der Waals surface area contributed by atoms with Crippen molar-refractivity contribution in [1.82, 2.24) is 4.72 Å².